The number of hydrogen-bond acceptors (Lipinski definition) is 7. The van der Waals surface area contributed by atoms with Crippen molar-refractivity contribution in [1.29, 1.82) is 0 Å². The van der Waals surface area contributed by atoms with Crippen molar-refractivity contribution in [3.8, 4) is 0 Å². The lowest BCUT2D eigenvalue weighted by Crippen LogP contribution is -2.51. The quantitative estimate of drug-likeness (QED) is 0.162. The molecule has 1 aromatic heterocycles. The molecule has 318 valence electrons. The number of amides is 4. The molecule has 0 unspecified atom stereocenters. The normalized spacial score (nSPS) is 15.4. The van der Waals surface area contributed by atoms with Crippen molar-refractivity contribution >= 4 is 52.6 Å². The molecule has 0 aliphatic carbocycles. The highest BCUT2D eigenvalue weighted by molar-refractivity contribution is 6.31. The number of halogens is 7. The molecule has 0 atom stereocenters. The Balaban J connectivity index is 1.15. The number of rotatable bonds is 9. The van der Waals surface area contributed by atoms with E-state index in [4.69, 9.17) is 16.3 Å². The smallest absolute Gasteiger partial charge is 0.413 e. The van der Waals surface area contributed by atoms with Gasteiger partial charge in [0.25, 0.3) is 11.8 Å². The molecule has 2 aliphatic heterocycles. The van der Waals surface area contributed by atoms with Gasteiger partial charge in [-0.2, -0.15) is 0 Å². The first-order valence-corrected chi connectivity index (χ1v) is 19.4. The number of nitrogens with zero attached hydrogens (tertiary/aromatic N) is 4. The van der Waals surface area contributed by atoms with Gasteiger partial charge in [0.05, 0.1) is 11.4 Å². The van der Waals surface area contributed by atoms with Gasteiger partial charge in [0, 0.05) is 67.1 Å². The molecule has 18 heteroatoms. The molecule has 2 aliphatic rings. The number of nitrogens with one attached hydrogen (secondary N) is 2. The number of piperidine rings is 2. The molecule has 0 spiro atoms. The van der Waals surface area contributed by atoms with Crippen LogP contribution < -0.4 is 15.5 Å². The number of hydrogen-bond donors (Lipinski definition) is 2. The highest BCUT2D eigenvalue weighted by Crippen LogP contribution is 2.36. The van der Waals surface area contributed by atoms with Crippen molar-refractivity contribution in [2.75, 3.05) is 41.7 Å². The van der Waals surface area contributed by atoms with Gasteiger partial charge in [0.1, 0.15) is 57.4 Å². The Morgan fingerprint density at radius 1 is 0.783 bits per heavy atom. The van der Waals surface area contributed by atoms with Crippen LogP contribution in [0.15, 0.2) is 60.8 Å². The molecule has 4 amide bonds. The third-order valence-electron chi connectivity index (χ3n) is 10.1. The van der Waals surface area contributed by atoms with Gasteiger partial charge in [0.15, 0.2) is 0 Å². The van der Waals surface area contributed by atoms with Crippen molar-refractivity contribution in [3.05, 3.63) is 117 Å². The van der Waals surface area contributed by atoms with Crippen molar-refractivity contribution in [2.45, 2.75) is 64.6 Å². The average molecular weight is 859 g/mol. The minimum atomic E-state index is -1.52. The second-order valence-corrected chi connectivity index (χ2v) is 16.0. The Bertz CT molecular complexity index is 2250. The second-order valence-electron chi connectivity index (χ2n) is 15.6. The minimum Gasteiger partial charge on any atom is -0.444 e. The summed E-state index contributed by atoms with van der Waals surface area (Å²) in [6.07, 6.45) is 2.28. The van der Waals surface area contributed by atoms with Crippen molar-refractivity contribution in [1.82, 2.24) is 14.8 Å². The van der Waals surface area contributed by atoms with E-state index in [2.05, 4.69) is 20.5 Å². The maximum Gasteiger partial charge on any atom is 0.413 e. The van der Waals surface area contributed by atoms with Crippen LogP contribution in [0.1, 0.15) is 72.7 Å². The van der Waals surface area contributed by atoms with E-state index >= 15 is 8.78 Å². The van der Waals surface area contributed by atoms with Crippen LogP contribution in [0, 0.1) is 40.8 Å². The van der Waals surface area contributed by atoms with E-state index in [-0.39, 0.29) is 54.2 Å². The highest BCUT2D eigenvalue weighted by Gasteiger charge is 2.37. The molecule has 3 heterocycles. The van der Waals surface area contributed by atoms with Gasteiger partial charge in [-0.05, 0) is 95.4 Å². The number of aromatic nitrogens is 1. The SMILES string of the molecule is CC(C)(C)OC(=O)Nc1cc(CN2CCC(C(=O)N3CCC(N(C(=O)c4c(F)cc(F)cc4F)c4ccc(Cl)cc4NC(=O)c4c(F)cc(F)cc4F)CC3)CC2)ccn1. The summed E-state index contributed by atoms with van der Waals surface area (Å²) in [5, 5.41) is 4.90. The molecule has 60 heavy (non-hydrogen) atoms. The number of likely N-dealkylation sites (tertiary alicyclic amines) is 2. The fraction of sp³-hybridized carbons (Fsp3) is 0.357. The van der Waals surface area contributed by atoms with Crippen LogP contribution in [0.5, 0.6) is 0 Å². The lowest BCUT2D eigenvalue weighted by Gasteiger charge is -2.41. The average Bonchev–Trinajstić information content (AvgIpc) is 3.14. The summed E-state index contributed by atoms with van der Waals surface area (Å²) in [5.41, 5.74) is -2.49. The van der Waals surface area contributed by atoms with E-state index in [9.17, 15) is 36.7 Å². The van der Waals surface area contributed by atoms with Gasteiger partial charge in [-0.3, -0.25) is 24.6 Å². The van der Waals surface area contributed by atoms with Crippen molar-refractivity contribution in [2.24, 2.45) is 5.92 Å². The number of ether oxygens (including phenoxy) is 1. The molecular formula is C42H41ClF6N6O5. The Morgan fingerprint density at radius 2 is 1.37 bits per heavy atom. The minimum absolute atomic E-state index is 0.00663. The summed E-state index contributed by atoms with van der Waals surface area (Å²) >= 11 is 6.22. The topological polar surface area (TPSA) is 124 Å². The predicted octanol–water partition coefficient (Wildman–Crippen LogP) is 8.72. The zero-order valence-corrected chi connectivity index (χ0v) is 33.5. The van der Waals surface area contributed by atoms with E-state index in [1.807, 2.05) is 6.07 Å². The molecule has 4 aromatic rings. The van der Waals surface area contributed by atoms with E-state index in [1.54, 1.807) is 37.9 Å². The van der Waals surface area contributed by atoms with Crippen LogP contribution in [0.2, 0.25) is 5.02 Å². The molecule has 0 radical (unpaired) electrons. The summed E-state index contributed by atoms with van der Waals surface area (Å²) in [5.74, 6) is -11.3. The molecule has 2 saturated heterocycles. The first kappa shape index (κ1) is 43.9. The first-order valence-electron chi connectivity index (χ1n) is 19.1. The Hall–Kier alpha value is -5.68. The Morgan fingerprint density at radius 3 is 1.95 bits per heavy atom. The zero-order valence-electron chi connectivity index (χ0n) is 32.8. The van der Waals surface area contributed by atoms with Gasteiger partial charge in [-0.15, -0.1) is 0 Å². The zero-order chi connectivity index (χ0) is 43.5. The number of carbonyl (C=O) groups excluding carboxylic acids is 4. The van der Waals surface area contributed by atoms with Crippen LogP contribution in [0.3, 0.4) is 0 Å². The third kappa shape index (κ3) is 10.5. The third-order valence-corrected chi connectivity index (χ3v) is 10.3. The summed E-state index contributed by atoms with van der Waals surface area (Å²) in [6, 6.07) is 7.71. The lowest BCUT2D eigenvalue weighted by atomic mass is 9.93. The number of benzene rings is 3. The molecule has 2 fully saturated rings. The maximum atomic E-state index is 15.1. The van der Waals surface area contributed by atoms with E-state index < -0.39 is 75.6 Å². The van der Waals surface area contributed by atoms with Gasteiger partial charge in [0.2, 0.25) is 5.91 Å². The van der Waals surface area contributed by atoms with Crippen LogP contribution in [-0.2, 0) is 16.1 Å². The summed E-state index contributed by atoms with van der Waals surface area (Å²) < 4.78 is 92.3. The van der Waals surface area contributed by atoms with Crippen LogP contribution in [0.4, 0.5) is 48.3 Å². The van der Waals surface area contributed by atoms with E-state index in [0.29, 0.717) is 62.6 Å². The molecule has 2 N–H and O–H groups in total. The van der Waals surface area contributed by atoms with E-state index in [0.717, 1.165) is 16.5 Å². The Kier molecular flexibility index (Phi) is 13.4. The maximum absolute atomic E-state index is 15.1. The number of pyridine rings is 1. The Labute approximate surface area is 346 Å². The van der Waals surface area contributed by atoms with E-state index in [1.165, 1.54) is 12.1 Å². The van der Waals surface area contributed by atoms with Gasteiger partial charge < -0.3 is 19.9 Å². The molecule has 3 aromatic carbocycles. The van der Waals surface area contributed by atoms with Crippen molar-refractivity contribution < 1.29 is 50.3 Å². The van der Waals surface area contributed by atoms with Gasteiger partial charge in [-0.1, -0.05) is 11.6 Å². The molecule has 11 nitrogen and oxygen atoms in total. The largest absolute Gasteiger partial charge is 0.444 e. The summed E-state index contributed by atoms with van der Waals surface area (Å²) in [6.45, 7) is 7.30. The van der Waals surface area contributed by atoms with Crippen LogP contribution in [-0.4, -0.2) is 76.4 Å². The first-order chi connectivity index (χ1) is 28.4. The fourth-order valence-electron chi connectivity index (χ4n) is 7.35. The highest BCUT2D eigenvalue weighted by atomic mass is 35.5. The molecule has 0 bridgehead atoms. The molecular weight excluding hydrogens is 818 g/mol. The number of anilines is 3. The summed E-state index contributed by atoms with van der Waals surface area (Å²) in [4.78, 5) is 62.4. The van der Waals surface area contributed by atoms with Crippen LogP contribution in [0.25, 0.3) is 0 Å². The fourth-order valence-corrected chi connectivity index (χ4v) is 7.52. The lowest BCUT2D eigenvalue weighted by molar-refractivity contribution is -0.138. The van der Waals surface area contributed by atoms with Crippen LogP contribution >= 0.6 is 11.6 Å². The van der Waals surface area contributed by atoms with Crippen molar-refractivity contribution in [3.63, 3.8) is 0 Å². The van der Waals surface area contributed by atoms with Gasteiger partial charge in [-0.25, -0.2) is 36.1 Å². The molecule has 6 rings (SSSR count). The van der Waals surface area contributed by atoms with Gasteiger partial charge >= 0.3 is 6.09 Å². The second kappa shape index (κ2) is 18.3. The molecule has 0 saturated carbocycles. The number of carbonyl (C=O) groups is 4. The monoisotopic (exact) mass is 858 g/mol. The standard InChI is InChI=1S/C42H41ClF6N6O5/c1-42(2,3)60-41(59)52-35-16-23(6-11-50-35)22-53-12-7-24(8-13-53)39(57)54-14-9-28(10-15-54)55(40(58)37-31(48)20-27(45)21-32(37)49)34-5-4-25(43)17-33(34)51-38(56)36-29(46)18-26(44)19-30(36)47/h4-6,11,16-21,24,28H,7-10,12-15,22H2,1-3H3,(H,51,56)(H,50,52,59). The summed E-state index contributed by atoms with van der Waals surface area (Å²) in [7, 11) is 0. The predicted molar refractivity (Wildman–Crippen MR) is 211 cm³/mol.